The minimum atomic E-state index is -0.964. The fraction of sp³-hybridized carbons (Fsp3) is 0.700. The molecule has 0 spiro atoms. The van der Waals surface area contributed by atoms with Gasteiger partial charge in [0.15, 0.2) is 11.5 Å². The minimum Gasteiger partial charge on any atom is -0.481 e. The Morgan fingerprint density at radius 3 is 2.54 bits per heavy atom. The molecule has 11 nitrogen and oxygen atoms in total. The van der Waals surface area contributed by atoms with Crippen molar-refractivity contribution in [1.29, 1.82) is 0 Å². The van der Waals surface area contributed by atoms with Crippen molar-refractivity contribution >= 4 is 17.8 Å². The number of aliphatic carboxylic acids is 1. The first kappa shape index (κ1) is 31.1. The predicted octanol–water partition coefficient (Wildman–Crippen LogP) is 2.04. The van der Waals surface area contributed by atoms with Crippen molar-refractivity contribution in [2.24, 2.45) is 11.3 Å². The summed E-state index contributed by atoms with van der Waals surface area (Å²) in [6.45, 7) is 8.35. The number of carbonyl (C=O) groups is 3. The van der Waals surface area contributed by atoms with Crippen molar-refractivity contribution in [3.63, 3.8) is 0 Å². The summed E-state index contributed by atoms with van der Waals surface area (Å²) in [7, 11) is 0. The Morgan fingerprint density at radius 2 is 1.90 bits per heavy atom. The van der Waals surface area contributed by atoms with E-state index in [1.807, 2.05) is 9.80 Å². The molecule has 3 heterocycles. The maximum Gasteiger partial charge on any atom is 0.308 e. The number of carbonyl (C=O) groups excluding carboxylic acids is 2. The fourth-order valence-electron chi connectivity index (χ4n) is 6.55. The zero-order chi connectivity index (χ0) is 29.7. The standard InChI is InChI=1S/C30H45N3O8/c1-4-5-8-31(9-6-11-34)26(37)16-33-15-22(20-12-21(17-35)28-24(13-20)40-19-41-28)27(29(38)39)23(33)7-10-32-18-30(2,3)14-25(32)36/h12-13,22-23,27,34-35H,4-11,14-19H2,1-3H3,(H,38,39)/t22-,23+,27-/m1/s1. The molecule has 1 aromatic rings. The molecule has 0 unspecified atom stereocenters. The highest BCUT2D eigenvalue weighted by Crippen LogP contribution is 2.44. The second-order valence-electron chi connectivity index (χ2n) is 12.3. The van der Waals surface area contributed by atoms with Crippen molar-refractivity contribution in [2.75, 3.05) is 52.7 Å². The molecular weight excluding hydrogens is 530 g/mol. The van der Waals surface area contributed by atoms with Crippen LogP contribution in [0.1, 0.15) is 69.9 Å². The maximum atomic E-state index is 13.5. The summed E-state index contributed by atoms with van der Waals surface area (Å²) in [5, 5.41) is 29.9. The van der Waals surface area contributed by atoms with Crippen molar-refractivity contribution in [3.8, 4) is 11.5 Å². The molecule has 3 N–H and O–H groups in total. The van der Waals surface area contributed by atoms with E-state index in [2.05, 4.69) is 20.8 Å². The number of hydrogen-bond acceptors (Lipinski definition) is 8. The molecule has 0 aromatic heterocycles. The average molecular weight is 576 g/mol. The van der Waals surface area contributed by atoms with E-state index < -0.39 is 23.8 Å². The molecule has 3 atom stereocenters. The third-order valence-corrected chi connectivity index (χ3v) is 8.56. The molecule has 41 heavy (non-hydrogen) atoms. The third kappa shape index (κ3) is 7.13. The van der Waals surface area contributed by atoms with Crippen LogP contribution in [-0.2, 0) is 21.0 Å². The van der Waals surface area contributed by atoms with Crippen LogP contribution in [0.15, 0.2) is 12.1 Å². The van der Waals surface area contributed by atoms with Gasteiger partial charge in [0, 0.05) is 63.3 Å². The normalized spacial score (nSPS) is 23.4. The molecule has 3 aliphatic rings. The number of unbranched alkanes of at least 4 members (excludes halogenated alkanes) is 1. The van der Waals surface area contributed by atoms with E-state index in [-0.39, 0.29) is 43.8 Å². The number of hydrogen-bond donors (Lipinski definition) is 3. The molecule has 0 bridgehead atoms. The summed E-state index contributed by atoms with van der Waals surface area (Å²) in [5.74, 6) is -1.34. The Labute approximate surface area is 242 Å². The zero-order valence-corrected chi connectivity index (χ0v) is 24.5. The summed E-state index contributed by atoms with van der Waals surface area (Å²) >= 11 is 0. The number of rotatable bonds is 14. The lowest BCUT2D eigenvalue weighted by Crippen LogP contribution is -2.46. The average Bonchev–Trinajstić information content (AvgIpc) is 3.61. The van der Waals surface area contributed by atoms with Crippen LogP contribution in [0.5, 0.6) is 11.5 Å². The molecule has 2 saturated heterocycles. The van der Waals surface area contributed by atoms with Crippen molar-refractivity contribution < 1.29 is 39.2 Å². The number of carboxylic acids is 1. The van der Waals surface area contributed by atoms with Crippen LogP contribution >= 0.6 is 0 Å². The molecule has 11 heteroatoms. The Kier molecular flexibility index (Phi) is 10.1. The molecule has 0 aliphatic carbocycles. The van der Waals surface area contributed by atoms with E-state index in [1.54, 1.807) is 17.0 Å². The molecule has 0 radical (unpaired) electrons. The summed E-state index contributed by atoms with van der Waals surface area (Å²) in [6, 6.07) is 3.08. The molecule has 3 aliphatic heterocycles. The van der Waals surface area contributed by atoms with E-state index in [0.29, 0.717) is 74.6 Å². The summed E-state index contributed by atoms with van der Waals surface area (Å²) < 4.78 is 11.1. The number of aliphatic hydroxyl groups excluding tert-OH is 2. The molecule has 4 rings (SSSR count). The van der Waals surface area contributed by atoms with E-state index in [9.17, 15) is 29.7 Å². The van der Waals surface area contributed by atoms with Gasteiger partial charge in [-0.15, -0.1) is 0 Å². The van der Waals surface area contributed by atoms with Gasteiger partial charge in [0.25, 0.3) is 0 Å². The first-order chi connectivity index (χ1) is 19.6. The second kappa shape index (κ2) is 13.4. The fourth-order valence-corrected chi connectivity index (χ4v) is 6.55. The Hall–Kier alpha value is -2.89. The highest BCUT2D eigenvalue weighted by atomic mass is 16.7. The summed E-state index contributed by atoms with van der Waals surface area (Å²) in [5.41, 5.74) is 1.12. The van der Waals surface area contributed by atoms with Crippen molar-refractivity contribution in [1.82, 2.24) is 14.7 Å². The van der Waals surface area contributed by atoms with Crippen molar-refractivity contribution in [2.45, 2.75) is 71.4 Å². The number of benzene rings is 1. The first-order valence-corrected chi connectivity index (χ1v) is 14.7. The number of ether oxygens (including phenoxy) is 2. The van der Waals surface area contributed by atoms with Gasteiger partial charge in [0.1, 0.15) is 0 Å². The highest BCUT2D eigenvalue weighted by molar-refractivity contribution is 5.80. The maximum absolute atomic E-state index is 13.5. The number of fused-ring (bicyclic) bond motifs is 1. The van der Waals surface area contributed by atoms with Gasteiger partial charge in [-0.3, -0.25) is 19.3 Å². The lowest BCUT2D eigenvalue weighted by Gasteiger charge is -2.31. The zero-order valence-electron chi connectivity index (χ0n) is 24.5. The number of aliphatic hydroxyl groups is 2. The van der Waals surface area contributed by atoms with Gasteiger partial charge in [-0.05, 0) is 42.4 Å². The van der Waals surface area contributed by atoms with Crippen LogP contribution in [0.4, 0.5) is 0 Å². The second-order valence-corrected chi connectivity index (χ2v) is 12.3. The van der Waals surface area contributed by atoms with Crippen LogP contribution in [0.3, 0.4) is 0 Å². The molecule has 1 aromatic carbocycles. The molecular formula is C30H45N3O8. The van der Waals surface area contributed by atoms with Gasteiger partial charge < -0.3 is 34.6 Å². The van der Waals surface area contributed by atoms with E-state index in [1.165, 1.54) is 0 Å². The monoisotopic (exact) mass is 575 g/mol. The van der Waals surface area contributed by atoms with Gasteiger partial charge in [-0.2, -0.15) is 0 Å². The number of carboxylic acid groups (broad SMARTS) is 1. The van der Waals surface area contributed by atoms with Gasteiger partial charge in [-0.1, -0.05) is 27.2 Å². The first-order valence-electron chi connectivity index (χ1n) is 14.7. The van der Waals surface area contributed by atoms with Crippen molar-refractivity contribution in [3.05, 3.63) is 23.3 Å². The van der Waals surface area contributed by atoms with Gasteiger partial charge in [0.05, 0.1) is 19.1 Å². The van der Waals surface area contributed by atoms with Gasteiger partial charge in [0.2, 0.25) is 18.6 Å². The van der Waals surface area contributed by atoms with Crippen LogP contribution in [0, 0.1) is 11.3 Å². The van der Waals surface area contributed by atoms with Crippen LogP contribution in [-0.4, -0.2) is 107 Å². The third-order valence-electron chi connectivity index (χ3n) is 8.56. The molecule has 228 valence electrons. The predicted molar refractivity (Wildman–Crippen MR) is 151 cm³/mol. The number of likely N-dealkylation sites (tertiary alicyclic amines) is 2. The van der Waals surface area contributed by atoms with Gasteiger partial charge >= 0.3 is 5.97 Å². The summed E-state index contributed by atoms with van der Waals surface area (Å²) in [6.07, 6.45) is 3.13. The largest absolute Gasteiger partial charge is 0.481 e. The topological polar surface area (TPSA) is 140 Å². The van der Waals surface area contributed by atoms with Crippen LogP contribution in [0.2, 0.25) is 0 Å². The number of nitrogens with zero attached hydrogens (tertiary/aromatic N) is 3. The molecule has 0 saturated carbocycles. The van der Waals surface area contributed by atoms with Gasteiger partial charge in [-0.25, -0.2) is 0 Å². The lowest BCUT2D eigenvalue weighted by atomic mass is 9.83. The quantitative estimate of drug-likeness (QED) is 0.304. The van der Waals surface area contributed by atoms with Crippen LogP contribution < -0.4 is 9.47 Å². The highest BCUT2D eigenvalue weighted by Gasteiger charge is 2.48. The minimum absolute atomic E-state index is 0.0110. The number of amides is 2. The SMILES string of the molecule is CCCCN(CCCO)C(=O)CN1C[C@H](c2cc(CO)c3c(c2)OCO3)[C@@H](C(=O)O)[C@@H]1CCN1CC(C)(C)CC1=O. The lowest BCUT2D eigenvalue weighted by molar-refractivity contribution is -0.144. The van der Waals surface area contributed by atoms with E-state index in [0.717, 1.165) is 12.8 Å². The Morgan fingerprint density at radius 1 is 1.15 bits per heavy atom. The smallest absolute Gasteiger partial charge is 0.308 e. The molecule has 2 amide bonds. The van der Waals surface area contributed by atoms with E-state index >= 15 is 0 Å². The Bertz CT molecular complexity index is 1100. The Balaban J connectivity index is 1.62. The molecule has 2 fully saturated rings. The summed E-state index contributed by atoms with van der Waals surface area (Å²) in [4.78, 5) is 44.6. The van der Waals surface area contributed by atoms with E-state index in [4.69, 9.17) is 9.47 Å². The van der Waals surface area contributed by atoms with Crippen LogP contribution in [0.25, 0.3) is 0 Å².